The third-order valence-corrected chi connectivity index (χ3v) is 4.05. The molecule has 1 aliphatic heterocycles. The van der Waals surface area contributed by atoms with Crippen LogP contribution in [0.15, 0.2) is 24.4 Å². The van der Waals surface area contributed by atoms with Gasteiger partial charge >= 0.3 is 5.97 Å². The maximum atomic E-state index is 12.1. The van der Waals surface area contributed by atoms with Gasteiger partial charge in [-0.3, -0.25) is 0 Å². The summed E-state index contributed by atoms with van der Waals surface area (Å²) in [7, 11) is 1.40. The first-order valence-corrected chi connectivity index (χ1v) is 7.11. The number of fused-ring (bicyclic) bond motifs is 1. The van der Waals surface area contributed by atoms with Crippen LogP contribution in [0.4, 0.5) is 0 Å². The van der Waals surface area contributed by atoms with Gasteiger partial charge in [0.25, 0.3) is 0 Å². The van der Waals surface area contributed by atoms with Gasteiger partial charge in [0.2, 0.25) is 0 Å². The molecule has 0 N–H and O–H groups in total. The molecule has 0 fully saturated rings. The number of nitrogens with zero attached hydrogens (tertiary/aromatic N) is 2. The Labute approximate surface area is 128 Å². The fourth-order valence-corrected chi connectivity index (χ4v) is 3.05. The number of carbonyl (C=O) groups excluding carboxylic acids is 1. The van der Waals surface area contributed by atoms with Crippen LogP contribution in [0, 0.1) is 6.92 Å². The Balaban J connectivity index is 2.32. The Kier molecular flexibility index (Phi) is 3.55. The molecule has 3 heterocycles. The van der Waals surface area contributed by atoms with Gasteiger partial charge in [-0.05, 0) is 37.1 Å². The van der Waals surface area contributed by atoms with Gasteiger partial charge in [0.05, 0.1) is 24.1 Å². The molecular formula is C16H15ClN2O2. The number of carbonyl (C=O) groups is 1. The summed E-state index contributed by atoms with van der Waals surface area (Å²) in [6.07, 6.45) is 6.61. The molecule has 1 aliphatic rings. The number of esters is 1. The number of aromatic nitrogens is 2. The first-order chi connectivity index (χ1) is 10.1. The van der Waals surface area contributed by atoms with Crippen LogP contribution < -0.4 is 0 Å². The van der Waals surface area contributed by atoms with Gasteiger partial charge in [0.1, 0.15) is 5.15 Å². The molecule has 0 saturated carbocycles. The summed E-state index contributed by atoms with van der Waals surface area (Å²) in [4.78, 5) is 16.3. The second-order valence-corrected chi connectivity index (χ2v) is 5.27. The third-order valence-electron chi connectivity index (χ3n) is 3.75. The minimum Gasteiger partial charge on any atom is -0.465 e. The number of pyridine rings is 1. The summed E-state index contributed by atoms with van der Waals surface area (Å²) < 4.78 is 7.04. The molecule has 0 unspecified atom stereocenters. The average molecular weight is 303 g/mol. The number of methoxy groups -OCH3 is 1. The van der Waals surface area contributed by atoms with Crippen molar-refractivity contribution in [2.45, 2.75) is 19.9 Å². The molecule has 0 radical (unpaired) electrons. The molecule has 0 atom stereocenters. The molecule has 0 aliphatic carbocycles. The predicted molar refractivity (Wildman–Crippen MR) is 82.4 cm³/mol. The van der Waals surface area contributed by atoms with E-state index < -0.39 is 0 Å². The monoisotopic (exact) mass is 302 g/mol. The fourth-order valence-electron chi connectivity index (χ4n) is 2.84. The number of rotatable bonds is 2. The smallest absolute Gasteiger partial charge is 0.340 e. The Morgan fingerprint density at radius 2 is 2.29 bits per heavy atom. The first-order valence-electron chi connectivity index (χ1n) is 6.74. The van der Waals surface area contributed by atoms with Crippen molar-refractivity contribution in [1.29, 1.82) is 0 Å². The standard InChI is InChI=1S/C16H15ClN2O2/c1-10-13(16(20)21-2)12-7-3-4-9-19(12)14(10)11-6-5-8-18-15(11)17/h3,5-8H,4,9H2,1-2H3. The van der Waals surface area contributed by atoms with Gasteiger partial charge in [-0.2, -0.15) is 0 Å². The molecule has 21 heavy (non-hydrogen) atoms. The quantitative estimate of drug-likeness (QED) is 0.627. The van der Waals surface area contributed by atoms with Crippen LogP contribution in [0.3, 0.4) is 0 Å². The number of allylic oxidation sites excluding steroid dienone is 1. The highest BCUT2D eigenvalue weighted by Crippen LogP contribution is 2.36. The van der Waals surface area contributed by atoms with Gasteiger partial charge in [-0.15, -0.1) is 0 Å². The van der Waals surface area contributed by atoms with Gasteiger partial charge in [0.15, 0.2) is 0 Å². The number of hydrogen-bond acceptors (Lipinski definition) is 3. The molecule has 0 spiro atoms. The zero-order chi connectivity index (χ0) is 15.0. The molecule has 2 aromatic heterocycles. The highest BCUT2D eigenvalue weighted by molar-refractivity contribution is 6.32. The normalized spacial score (nSPS) is 13.1. The van der Waals surface area contributed by atoms with E-state index in [1.54, 1.807) is 6.20 Å². The van der Waals surface area contributed by atoms with Gasteiger partial charge < -0.3 is 9.30 Å². The van der Waals surface area contributed by atoms with E-state index in [1.807, 2.05) is 25.1 Å². The Morgan fingerprint density at radius 3 is 3.00 bits per heavy atom. The molecule has 0 aromatic carbocycles. The minimum absolute atomic E-state index is 0.325. The van der Waals surface area contributed by atoms with E-state index in [-0.39, 0.29) is 5.97 Å². The van der Waals surface area contributed by atoms with Crippen LogP contribution in [0.2, 0.25) is 5.15 Å². The molecule has 2 aromatic rings. The van der Waals surface area contributed by atoms with E-state index in [1.165, 1.54) is 7.11 Å². The van der Waals surface area contributed by atoms with Crippen LogP contribution in [0.1, 0.15) is 28.0 Å². The summed E-state index contributed by atoms with van der Waals surface area (Å²) in [5.74, 6) is -0.325. The second kappa shape index (κ2) is 5.37. The summed E-state index contributed by atoms with van der Waals surface area (Å²) in [6.45, 7) is 2.73. The SMILES string of the molecule is COC(=O)c1c(C)c(-c2cccnc2Cl)n2c1C=CCC2. The molecule has 5 heteroatoms. The molecule has 0 amide bonds. The second-order valence-electron chi connectivity index (χ2n) is 4.91. The van der Waals surface area contributed by atoms with Crippen molar-refractivity contribution in [3.05, 3.63) is 46.4 Å². The van der Waals surface area contributed by atoms with E-state index >= 15 is 0 Å². The van der Waals surface area contributed by atoms with E-state index in [9.17, 15) is 4.79 Å². The van der Waals surface area contributed by atoms with E-state index in [2.05, 4.69) is 15.6 Å². The van der Waals surface area contributed by atoms with Crippen molar-refractivity contribution in [1.82, 2.24) is 9.55 Å². The zero-order valence-corrected chi connectivity index (χ0v) is 12.6. The molecule has 4 nitrogen and oxygen atoms in total. The summed E-state index contributed by atoms with van der Waals surface area (Å²) in [5.41, 5.74) is 4.12. The summed E-state index contributed by atoms with van der Waals surface area (Å²) in [6, 6.07) is 3.77. The largest absolute Gasteiger partial charge is 0.465 e. The van der Waals surface area contributed by atoms with Crippen LogP contribution in [0.25, 0.3) is 17.3 Å². The number of ether oxygens (including phenoxy) is 1. The Hall–Kier alpha value is -2.07. The van der Waals surface area contributed by atoms with Crippen molar-refractivity contribution < 1.29 is 9.53 Å². The topological polar surface area (TPSA) is 44.1 Å². The summed E-state index contributed by atoms with van der Waals surface area (Å²) >= 11 is 6.24. The number of hydrogen-bond donors (Lipinski definition) is 0. The zero-order valence-electron chi connectivity index (χ0n) is 11.9. The predicted octanol–water partition coefficient (Wildman–Crippen LogP) is 3.72. The highest BCUT2D eigenvalue weighted by atomic mass is 35.5. The molecule has 108 valence electrons. The van der Waals surface area contributed by atoms with E-state index in [4.69, 9.17) is 16.3 Å². The lowest BCUT2D eigenvalue weighted by atomic mass is 10.1. The van der Waals surface area contributed by atoms with Crippen molar-refractivity contribution >= 4 is 23.6 Å². The maximum Gasteiger partial charge on any atom is 0.340 e. The van der Waals surface area contributed by atoms with Crippen molar-refractivity contribution in [3.63, 3.8) is 0 Å². The molecule has 3 rings (SSSR count). The van der Waals surface area contributed by atoms with Crippen LogP contribution >= 0.6 is 11.6 Å². The fraction of sp³-hybridized carbons (Fsp3) is 0.250. The minimum atomic E-state index is -0.325. The van der Waals surface area contributed by atoms with Crippen molar-refractivity contribution in [3.8, 4) is 11.3 Å². The Morgan fingerprint density at radius 1 is 1.48 bits per heavy atom. The van der Waals surface area contributed by atoms with Gasteiger partial charge in [-0.1, -0.05) is 17.7 Å². The van der Waals surface area contributed by atoms with Crippen LogP contribution in [0.5, 0.6) is 0 Å². The average Bonchev–Trinajstić information content (AvgIpc) is 2.79. The number of halogens is 1. The van der Waals surface area contributed by atoms with Crippen molar-refractivity contribution in [2.24, 2.45) is 0 Å². The third kappa shape index (κ3) is 2.16. The Bertz CT molecular complexity index is 747. The van der Waals surface area contributed by atoms with Crippen molar-refractivity contribution in [2.75, 3.05) is 7.11 Å². The molecular weight excluding hydrogens is 288 g/mol. The lowest BCUT2D eigenvalue weighted by Crippen LogP contribution is -2.08. The van der Waals surface area contributed by atoms with E-state index in [0.29, 0.717) is 10.7 Å². The maximum absolute atomic E-state index is 12.1. The molecule has 0 saturated heterocycles. The summed E-state index contributed by atoms with van der Waals surface area (Å²) in [5, 5.41) is 0.437. The van der Waals surface area contributed by atoms with E-state index in [0.717, 1.165) is 35.5 Å². The first kappa shape index (κ1) is 13.9. The molecule has 0 bridgehead atoms. The lowest BCUT2D eigenvalue weighted by Gasteiger charge is -2.15. The van der Waals surface area contributed by atoms with Crippen LogP contribution in [-0.4, -0.2) is 22.6 Å². The van der Waals surface area contributed by atoms with Gasteiger partial charge in [-0.25, -0.2) is 9.78 Å². The lowest BCUT2D eigenvalue weighted by molar-refractivity contribution is 0.0599. The van der Waals surface area contributed by atoms with Crippen LogP contribution in [-0.2, 0) is 11.3 Å². The highest BCUT2D eigenvalue weighted by Gasteiger charge is 2.26. The van der Waals surface area contributed by atoms with Gasteiger partial charge in [0, 0.05) is 18.3 Å².